The number of aryl methyl sites for hydroxylation is 1. The van der Waals surface area contributed by atoms with Gasteiger partial charge in [-0.15, -0.1) is 0 Å². The maximum Gasteiger partial charge on any atom is 0.228 e. The van der Waals surface area contributed by atoms with E-state index in [1.165, 1.54) is 11.3 Å². The molecule has 0 spiro atoms. The molecule has 2 rings (SSSR count). The summed E-state index contributed by atoms with van der Waals surface area (Å²) in [6.45, 7) is 8.00. The van der Waals surface area contributed by atoms with Crippen LogP contribution in [0, 0.1) is 26.2 Å². The summed E-state index contributed by atoms with van der Waals surface area (Å²) < 4.78 is 7.07. The van der Waals surface area contributed by atoms with Crippen molar-refractivity contribution >= 4 is 5.91 Å². The maximum atomic E-state index is 12.0. The predicted octanol–water partition coefficient (Wildman–Crippen LogP) is 1.35. The molecule has 0 bridgehead atoms. The third-order valence-electron chi connectivity index (χ3n) is 4.11. The van der Waals surface area contributed by atoms with E-state index in [1.807, 2.05) is 11.6 Å². The number of carbonyl (C=O) groups is 1. The molecule has 0 aromatic carbocycles. The van der Waals surface area contributed by atoms with Crippen molar-refractivity contribution < 1.29 is 9.53 Å². The number of nitrogens with zero attached hydrogens (tertiary/aromatic N) is 2. The summed E-state index contributed by atoms with van der Waals surface area (Å²) >= 11 is 0. The molecule has 1 heterocycles. The van der Waals surface area contributed by atoms with Gasteiger partial charge in [0.15, 0.2) is 0 Å². The lowest BCUT2D eigenvalue weighted by molar-refractivity contribution is -0.128. The predicted molar refractivity (Wildman–Crippen MR) is 73.0 cm³/mol. The second-order valence-corrected chi connectivity index (χ2v) is 5.49. The summed E-state index contributed by atoms with van der Waals surface area (Å²) in [5, 5.41) is 7.46. The highest BCUT2D eigenvalue weighted by Crippen LogP contribution is 2.45. The van der Waals surface area contributed by atoms with Gasteiger partial charge < -0.3 is 10.1 Å². The highest BCUT2D eigenvalue weighted by atomic mass is 16.5. The van der Waals surface area contributed by atoms with Crippen molar-refractivity contribution in [2.24, 2.45) is 5.41 Å². The Bertz CT molecular complexity index is 475. The first-order valence-corrected chi connectivity index (χ1v) is 6.78. The fraction of sp³-hybridized carbons (Fsp3) is 0.714. The number of hydrogen-bond donors (Lipinski definition) is 1. The van der Waals surface area contributed by atoms with E-state index >= 15 is 0 Å². The van der Waals surface area contributed by atoms with Crippen molar-refractivity contribution in [1.82, 2.24) is 15.1 Å². The Hall–Kier alpha value is -1.36. The Labute approximate surface area is 114 Å². The van der Waals surface area contributed by atoms with Crippen LogP contribution < -0.4 is 5.32 Å². The Morgan fingerprint density at radius 2 is 2.11 bits per heavy atom. The van der Waals surface area contributed by atoms with Gasteiger partial charge in [-0.25, -0.2) is 0 Å². The number of methoxy groups -OCH3 is 1. The molecular weight excluding hydrogens is 242 g/mol. The summed E-state index contributed by atoms with van der Waals surface area (Å²) in [6.07, 6.45) is 1.87. The minimum atomic E-state index is -0.250. The van der Waals surface area contributed by atoms with E-state index < -0.39 is 0 Å². The fourth-order valence-corrected chi connectivity index (χ4v) is 2.33. The number of amides is 1. The summed E-state index contributed by atoms with van der Waals surface area (Å²) in [7, 11) is 1.64. The molecule has 0 radical (unpaired) electrons. The van der Waals surface area contributed by atoms with Gasteiger partial charge >= 0.3 is 0 Å². The third-order valence-corrected chi connectivity index (χ3v) is 4.11. The topological polar surface area (TPSA) is 56.1 Å². The molecule has 1 N–H and O–H groups in total. The monoisotopic (exact) mass is 265 g/mol. The van der Waals surface area contributed by atoms with Crippen LogP contribution in [0.4, 0.5) is 0 Å². The van der Waals surface area contributed by atoms with Gasteiger partial charge in [0.25, 0.3) is 0 Å². The van der Waals surface area contributed by atoms with Crippen molar-refractivity contribution in [3.63, 3.8) is 0 Å². The summed E-state index contributed by atoms with van der Waals surface area (Å²) in [5.74, 6) is 0.118. The minimum absolute atomic E-state index is 0.118. The van der Waals surface area contributed by atoms with E-state index in [4.69, 9.17) is 4.74 Å². The first-order chi connectivity index (χ1) is 9.00. The second-order valence-electron chi connectivity index (χ2n) is 5.49. The molecule has 0 unspecified atom stereocenters. The smallest absolute Gasteiger partial charge is 0.228 e. The molecule has 1 aliphatic rings. The summed E-state index contributed by atoms with van der Waals surface area (Å²) in [4.78, 5) is 12.0. The van der Waals surface area contributed by atoms with Gasteiger partial charge in [-0.3, -0.25) is 9.48 Å². The first kappa shape index (κ1) is 14.1. The zero-order chi connectivity index (χ0) is 14.0. The lowest BCUT2D eigenvalue weighted by Gasteiger charge is -2.14. The molecule has 19 heavy (non-hydrogen) atoms. The molecule has 0 atom stereocenters. The van der Waals surface area contributed by atoms with Gasteiger partial charge in [0.05, 0.1) is 24.3 Å². The number of rotatable bonds is 6. The van der Waals surface area contributed by atoms with Crippen molar-refractivity contribution in [2.45, 2.75) is 40.2 Å². The number of aromatic nitrogens is 2. The van der Waals surface area contributed by atoms with Crippen LogP contribution in [0.25, 0.3) is 0 Å². The Kier molecular flexibility index (Phi) is 3.94. The van der Waals surface area contributed by atoms with Gasteiger partial charge in [0.1, 0.15) is 0 Å². The zero-order valence-corrected chi connectivity index (χ0v) is 12.2. The number of hydrogen-bond acceptors (Lipinski definition) is 3. The van der Waals surface area contributed by atoms with Crippen molar-refractivity contribution in [1.29, 1.82) is 0 Å². The van der Waals surface area contributed by atoms with Crippen LogP contribution in [-0.2, 0) is 16.1 Å². The lowest BCUT2D eigenvalue weighted by Crippen LogP contribution is -2.36. The highest BCUT2D eigenvalue weighted by Gasteiger charge is 2.49. The quantitative estimate of drug-likeness (QED) is 0.844. The standard InChI is InChI=1S/C14H23N3O2/c1-10-11(2)16-17(12(10)3)8-7-15-13(18)14(5-6-14)9-19-4/h5-9H2,1-4H3,(H,15,18). The molecule has 1 aromatic heterocycles. The second kappa shape index (κ2) is 5.33. The normalized spacial score (nSPS) is 16.4. The first-order valence-electron chi connectivity index (χ1n) is 6.78. The van der Waals surface area contributed by atoms with E-state index in [9.17, 15) is 4.79 Å². The minimum Gasteiger partial charge on any atom is -0.384 e. The molecule has 0 aliphatic heterocycles. The van der Waals surface area contributed by atoms with Gasteiger partial charge in [0, 0.05) is 19.3 Å². The van der Waals surface area contributed by atoms with E-state index in [0.29, 0.717) is 13.2 Å². The van der Waals surface area contributed by atoms with Gasteiger partial charge in [-0.05, 0) is 39.2 Å². The molecule has 1 aromatic rings. The number of carbonyl (C=O) groups excluding carboxylic acids is 1. The number of ether oxygens (including phenoxy) is 1. The molecule has 1 saturated carbocycles. The molecule has 0 saturated heterocycles. The van der Waals surface area contributed by atoms with Crippen LogP contribution in [0.1, 0.15) is 29.8 Å². The van der Waals surface area contributed by atoms with Gasteiger partial charge in [-0.2, -0.15) is 5.10 Å². The Morgan fingerprint density at radius 3 is 2.58 bits per heavy atom. The SMILES string of the molecule is COCC1(C(=O)NCCn2nc(C)c(C)c2C)CC1. The van der Waals surface area contributed by atoms with Crippen LogP contribution in [0.15, 0.2) is 0 Å². The van der Waals surface area contributed by atoms with Crippen LogP contribution in [0.5, 0.6) is 0 Å². The van der Waals surface area contributed by atoms with E-state index in [0.717, 1.165) is 25.1 Å². The molecule has 1 amide bonds. The van der Waals surface area contributed by atoms with Crippen LogP contribution >= 0.6 is 0 Å². The van der Waals surface area contributed by atoms with Crippen molar-refractivity contribution in [3.05, 3.63) is 17.0 Å². The third kappa shape index (κ3) is 2.81. The van der Waals surface area contributed by atoms with Crippen LogP contribution in [0.3, 0.4) is 0 Å². The average Bonchev–Trinajstić information content (AvgIpc) is 3.12. The number of nitrogens with one attached hydrogen (secondary N) is 1. The maximum absolute atomic E-state index is 12.0. The molecule has 1 fully saturated rings. The van der Waals surface area contributed by atoms with E-state index in [2.05, 4.69) is 24.3 Å². The van der Waals surface area contributed by atoms with Crippen molar-refractivity contribution in [3.8, 4) is 0 Å². The summed E-state index contributed by atoms with van der Waals surface area (Å²) in [6, 6.07) is 0. The molecule has 106 valence electrons. The van der Waals surface area contributed by atoms with Crippen LogP contribution in [0.2, 0.25) is 0 Å². The van der Waals surface area contributed by atoms with E-state index in [1.54, 1.807) is 7.11 Å². The zero-order valence-electron chi connectivity index (χ0n) is 12.2. The molecular formula is C14H23N3O2. The average molecular weight is 265 g/mol. The Morgan fingerprint density at radius 1 is 1.42 bits per heavy atom. The summed E-state index contributed by atoms with van der Waals surface area (Å²) in [5.41, 5.74) is 3.20. The van der Waals surface area contributed by atoms with E-state index in [-0.39, 0.29) is 11.3 Å². The van der Waals surface area contributed by atoms with Gasteiger partial charge in [0.2, 0.25) is 5.91 Å². The van der Waals surface area contributed by atoms with Gasteiger partial charge in [-0.1, -0.05) is 0 Å². The molecule has 5 nitrogen and oxygen atoms in total. The molecule has 5 heteroatoms. The van der Waals surface area contributed by atoms with Crippen molar-refractivity contribution in [2.75, 3.05) is 20.3 Å². The highest BCUT2D eigenvalue weighted by molar-refractivity contribution is 5.85. The largest absolute Gasteiger partial charge is 0.384 e. The molecule has 1 aliphatic carbocycles. The fourth-order valence-electron chi connectivity index (χ4n) is 2.33. The Balaban J connectivity index is 1.84. The van der Waals surface area contributed by atoms with Crippen LogP contribution in [-0.4, -0.2) is 35.9 Å². The lowest BCUT2D eigenvalue weighted by atomic mass is 10.1.